The number of thioether (sulfide) groups is 2. The van der Waals surface area contributed by atoms with Gasteiger partial charge in [0.05, 0.1) is 24.0 Å². The number of hydrogen-bond acceptors (Lipinski definition) is 5. The Morgan fingerprint density at radius 3 is 1.85 bits per heavy atom. The molecule has 2 N–H and O–H groups in total. The maximum Gasteiger partial charge on any atom is 0.304 e. The molecule has 0 unspecified atom stereocenters. The zero-order valence-electron chi connectivity index (χ0n) is 20.1. The molecule has 0 bridgehead atoms. The first-order valence-electron chi connectivity index (χ1n) is 12.4. The lowest BCUT2D eigenvalue weighted by molar-refractivity contribution is -0.137. The third-order valence-corrected chi connectivity index (χ3v) is 8.16. The Morgan fingerprint density at radius 2 is 1.33 bits per heavy atom. The van der Waals surface area contributed by atoms with E-state index in [4.69, 9.17) is 14.9 Å². The number of hydrogen-bond donors (Lipinski definition) is 2. The summed E-state index contributed by atoms with van der Waals surface area (Å²) in [5.74, 6) is 0.164. The number of carboxylic acids is 2. The molecule has 0 atom stereocenters. The van der Waals surface area contributed by atoms with Gasteiger partial charge in [-0.25, -0.2) is 0 Å². The number of unbranched alkanes of at least 4 members (excludes halogenated alkanes) is 10. The number of rotatable bonds is 22. The minimum atomic E-state index is -0.819. The van der Waals surface area contributed by atoms with Crippen LogP contribution in [0.2, 0.25) is 0 Å². The van der Waals surface area contributed by atoms with Gasteiger partial charge in [0.25, 0.3) is 0 Å². The van der Waals surface area contributed by atoms with Gasteiger partial charge in [-0.15, -0.1) is 23.5 Å². The van der Waals surface area contributed by atoms with Gasteiger partial charge in [0.15, 0.2) is 0 Å². The molecule has 1 aromatic rings. The van der Waals surface area contributed by atoms with E-state index >= 15 is 0 Å². The Balaban J connectivity index is 2.31. The molecule has 0 aromatic heterocycles. The van der Waals surface area contributed by atoms with Crippen molar-refractivity contribution in [1.82, 2.24) is 0 Å². The summed E-state index contributed by atoms with van der Waals surface area (Å²) < 4.78 is 5.95. The smallest absolute Gasteiger partial charge is 0.304 e. The zero-order valence-corrected chi connectivity index (χ0v) is 21.8. The largest absolute Gasteiger partial charge is 0.494 e. The van der Waals surface area contributed by atoms with E-state index in [-0.39, 0.29) is 17.4 Å². The number of carboxylic acid groups (broad SMARTS) is 2. The lowest BCUT2D eigenvalue weighted by atomic mass is 10.1. The van der Waals surface area contributed by atoms with Crippen molar-refractivity contribution in [1.29, 1.82) is 0 Å². The Kier molecular flexibility index (Phi) is 18.1. The highest BCUT2D eigenvalue weighted by Crippen LogP contribution is 2.41. The van der Waals surface area contributed by atoms with Crippen LogP contribution in [0.15, 0.2) is 24.3 Å². The van der Waals surface area contributed by atoms with Gasteiger partial charge in [0.2, 0.25) is 0 Å². The molecule has 0 saturated carbocycles. The molecule has 0 aliphatic heterocycles. The van der Waals surface area contributed by atoms with Gasteiger partial charge < -0.3 is 14.9 Å². The van der Waals surface area contributed by atoms with E-state index in [9.17, 15) is 9.59 Å². The molecule has 188 valence electrons. The summed E-state index contributed by atoms with van der Waals surface area (Å²) in [5, 5.41) is 17.8. The molecular formula is C26H42O5S2. The molecule has 0 saturated heterocycles. The molecule has 0 aliphatic carbocycles. The molecule has 0 fully saturated rings. The Labute approximate surface area is 208 Å². The molecule has 0 heterocycles. The first kappa shape index (κ1) is 29.7. The Bertz CT molecular complexity index is 633. The third kappa shape index (κ3) is 16.9. The SMILES string of the molecule is CCCCCCCCCCCCCOc1cccc(C(SCCC(=O)O)SCCC(=O)O)c1. The van der Waals surface area contributed by atoms with Gasteiger partial charge in [-0.1, -0.05) is 83.3 Å². The third-order valence-electron chi connectivity index (χ3n) is 5.32. The lowest BCUT2D eigenvalue weighted by Crippen LogP contribution is -2.02. The zero-order chi connectivity index (χ0) is 24.2. The second-order valence-electron chi connectivity index (χ2n) is 8.32. The van der Waals surface area contributed by atoms with Crippen molar-refractivity contribution in [3.8, 4) is 5.75 Å². The summed E-state index contributed by atoms with van der Waals surface area (Å²) in [4.78, 5) is 21.7. The molecule has 1 rings (SSSR count). The number of aliphatic carboxylic acids is 2. The molecule has 33 heavy (non-hydrogen) atoms. The molecule has 0 radical (unpaired) electrons. The van der Waals surface area contributed by atoms with Crippen LogP contribution in [0.4, 0.5) is 0 Å². The maximum atomic E-state index is 10.9. The Hall–Kier alpha value is -1.34. The molecule has 0 aliphatic rings. The maximum absolute atomic E-state index is 10.9. The summed E-state index contributed by atoms with van der Waals surface area (Å²) in [6, 6.07) is 7.91. The van der Waals surface area contributed by atoms with Crippen molar-refractivity contribution < 1.29 is 24.5 Å². The van der Waals surface area contributed by atoms with Gasteiger partial charge in [-0.3, -0.25) is 9.59 Å². The van der Waals surface area contributed by atoms with Crippen molar-refractivity contribution in [2.75, 3.05) is 18.1 Å². The van der Waals surface area contributed by atoms with Crippen LogP contribution in [-0.2, 0) is 9.59 Å². The second-order valence-corrected chi connectivity index (χ2v) is 11.0. The van der Waals surface area contributed by atoms with Crippen molar-refractivity contribution >= 4 is 35.5 Å². The van der Waals surface area contributed by atoms with Crippen molar-refractivity contribution in [2.45, 2.75) is 95.0 Å². The van der Waals surface area contributed by atoms with Crippen LogP contribution in [0.5, 0.6) is 5.75 Å². The van der Waals surface area contributed by atoms with E-state index in [0.717, 1.165) is 17.7 Å². The highest BCUT2D eigenvalue weighted by atomic mass is 32.2. The fourth-order valence-electron chi connectivity index (χ4n) is 3.45. The lowest BCUT2D eigenvalue weighted by Gasteiger charge is -2.17. The normalized spacial score (nSPS) is 11.1. The highest BCUT2D eigenvalue weighted by molar-refractivity contribution is 8.16. The van der Waals surface area contributed by atoms with Crippen molar-refractivity contribution in [2.24, 2.45) is 0 Å². The summed E-state index contributed by atoms with van der Waals surface area (Å²) in [6.45, 7) is 2.95. The van der Waals surface area contributed by atoms with Crippen LogP contribution >= 0.6 is 23.5 Å². The van der Waals surface area contributed by atoms with Crippen LogP contribution in [-0.4, -0.2) is 40.3 Å². The summed E-state index contributed by atoms with van der Waals surface area (Å²) in [7, 11) is 0. The molecule has 0 amide bonds. The van der Waals surface area contributed by atoms with E-state index < -0.39 is 11.9 Å². The molecule has 5 nitrogen and oxygen atoms in total. The number of carbonyl (C=O) groups is 2. The van der Waals surface area contributed by atoms with Gasteiger partial charge in [-0.2, -0.15) is 0 Å². The van der Waals surface area contributed by atoms with Crippen LogP contribution in [0.25, 0.3) is 0 Å². The summed E-state index contributed by atoms with van der Waals surface area (Å²) >= 11 is 3.09. The standard InChI is InChI=1S/C26H42O5S2/c1-2-3-4-5-6-7-8-9-10-11-12-18-31-23-15-13-14-22(21-23)26(32-19-16-24(27)28)33-20-17-25(29)30/h13-15,21,26H,2-12,16-20H2,1H3,(H,27,28)(H,29,30). The van der Waals surface area contributed by atoms with E-state index in [1.54, 1.807) is 23.5 Å². The van der Waals surface area contributed by atoms with Crippen LogP contribution < -0.4 is 4.74 Å². The highest BCUT2D eigenvalue weighted by Gasteiger charge is 2.15. The van der Waals surface area contributed by atoms with E-state index in [0.29, 0.717) is 18.1 Å². The second kappa shape index (κ2) is 20.1. The molecule has 0 spiro atoms. The minimum absolute atomic E-state index is 0.00535. The van der Waals surface area contributed by atoms with Gasteiger partial charge in [-0.05, 0) is 24.1 Å². The molecular weight excluding hydrogens is 456 g/mol. The average Bonchev–Trinajstić information content (AvgIpc) is 2.78. The summed E-state index contributed by atoms with van der Waals surface area (Å²) in [6.07, 6.45) is 14.5. The molecule has 7 heteroatoms. The van der Waals surface area contributed by atoms with Gasteiger partial charge >= 0.3 is 11.9 Å². The monoisotopic (exact) mass is 498 g/mol. The Morgan fingerprint density at radius 1 is 0.818 bits per heavy atom. The average molecular weight is 499 g/mol. The van der Waals surface area contributed by atoms with Crippen molar-refractivity contribution in [3.05, 3.63) is 29.8 Å². The van der Waals surface area contributed by atoms with Crippen LogP contribution in [0, 0.1) is 0 Å². The quantitative estimate of drug-likeness (QED) is 0.125. The van der Waals surface area contributed by atoms with Crippen molar-refractivity contribution in [3.63, 3.8) is 0 Å². The molecule has 1 aromatic carbocycles. The predicted octanol–water partition coefficient (Wildman–Crippen LogP) is 7.79. The van der Waals surface area contributed by atoms with Gasteiger partial charge in [0.1, 0.15) is 5.75 Å². The van der Waals surface area contributed by atoms with E-state index in [1.807, 2.05) is 24.3 Å². The first-order chi connectivity index (χ1) is 16.0. The minimum Gasteiger partial charge on any atom is -0.494 e. The first-order valence-corrected chi connectivity index (χ1v) is 14.5. The summed E-state index contributed by atoms with van der Waals surface area (Å²) in [5.41, 5.74) is 1.04. The number of benzene rings is 1. The topological polar surface area (TPSA) is 83.8 Å². The van der Waals surface area contributed by atoms with Crippen LogP contribution in [0.3, 0.4) is 0 Å². The fourth-order valence-corrected chi connectivity index (χ4v) is 6.11. The predicted molar refractivity (Wildman–Crippen MR) is 141 cm³/mol. The van der Waals surface area contributed by atoms with E-state index in [2.05, 4.69) is 6.92 Å². The number of ether oxygens (including phenoxy) is 1. The van der Waals surface area contributed by atoms with E-state index in [1.165, 1.54) is 64.2 Å². The fraction of sp³-hybridized carbons (Fsp3) is 0.692. The van der Waals surface area contributed by atoms with Gasteiger partial charge in [0, 0.05) is 11.5 Å². The van der Waals surface area contributed by atoms with Crippen LogP contribution in [0.1, 0.15) is 101 Å².